The largest absolute Gasteiger partial charge is 0.507 e. The number of phenols is 2. The van der Waals surface area contributed by atoms with Crippen LogP contribution in [0.3, 0.4) is 0 Å². The zero-order valence-corrected chi connectivity index (χ0v) is 14.6. The number of methoxy groups -OCH3 is 1. The maximum Gasteiger partial charge on any atom is 0.275 e. The summed E-state index contributed by atoms with van der Waals surface area (Å²) >= 11 is 0. The minimum Gasteiger partial charge on any atom is -0.507 e. The minimum atomic E-state index is -0.562. The van der Waals surface area contributed by atoms with E-state index in [-0.39, 0.29) is 17.1 Å². The first-order valence-corrected chi connectivity index (χ1v) is 8.18. The third-order valence-electron chi connectivity index (χ3n) is 3.99. The number of amides is 1. The molecule has 0 saturated carbocycles. The lowest BCUT2D eigenvalue weighted by atomic mass is 9.99. The number of carbonyl (C=O) groups is 1. The number of carbonyl (C=O) groups excluding carboxylic acids is 1. The molecule has 27 heavy (non-hydrogen) atoms. The van der Waals surface area contributed by atoms with Crippen LogP contribution in [0.2, 0.25) is 0 Å². The van der Waals surface area contributed by atoms with Crippen molar-refractivity contribution in [1.29, 1.82) is 0 Å². The van der Waals surface area contributed by atoms with Crippen LogP contribution in [0.1, 0.15) is 15.9 Å². The molecule has 6 nitrogen and oxygen atoms in total. The maximum atomic E-state index is 12.1. The van der Waals surface area contributed by atoms with Crippen molar-refractivity contribution in [2.24, 2.45) is 5.10 Å². The molecule has 0 aliphatic heterocycles. The summed E-state index contributed by atoms with van der Waals surface area (Å²) in [6, 6.07) is 19.1. The summed E-state index contributed by atoms with van der Waals surface area (Å²) in [5.74, 6) is -0.491. The molecule has 1 amide bonds. The van der Waals surface area contributed by atoms with Crippen LogP contribution in [0.15, 0.2) is 71.8 Å². The molecule has 0 atom stereocenters. The van der Waals surface area contributed by atoms with Crippen LogP contribution >= 0.6 is 0 Å². The molecule has 3 aromatic carbocycles. The molecule has 0 heterocycles. The average Bonchev–Trinajstić information content (AvgIpc) is 2.70. The average molecular weight is 362 g/mol. The van der Waals surface area contributed by atoms with Gasteiger partial charge in [0, 0.05) is 5.56 Å². The van der Waals surface area contributed by atoms with Crippen molar-refractivity contribution in [2.75, 3.05) is 7.11 Å². The van der Waals surface area contributed by atoms with Gasteiger partial charge in [0.25, 0.3) is 5.91 Å². The Morgan fingerprint density at radius 2 is 1.70 bits per heavy atom. The first-order chi connectivity index (χ1) is 13.1. The first-order valence-electron chi connectivity index (χ1n) is 8.18. The topological polar surface area (TPSA) is 91.2 Å². The van der Waals surface area contributed by atoms with Gasteiger partial charge in [-0.25, -0.2) is 5.43 Å². The first kappa shape index (κ1) is 18.0. The Hall–Kier alpha value is -3.80. The van der Waals surface area contributed by atoms with E-state index in [1.807, 2.05) is 30.3 Å². The van der Waals surface area contributed by atoms with Crippen molar-refractivity contribution in [1.82, 2.24) is 5.43 Å². The van der Waals surface area contributed by atoms with Gasteiger partial charge in [-0.2, -0.15) is 5.10 Å². The Labute approximate surface area is 156 Å². The number of para-hydroxylation sites is 1. The number of rotatable bonds is 5. The third-order valence-corrected chi connectivity index (χ3v) is 3.99. The number of hydrogen-bond donors (Lipinski definition) is 3. The summed E-state index contributed by atoms with van der Waals surface area (Å²) in [6.07, 6.45) is 1.35. The number of benzene rings is 3. The van der Waals surface area contributed by atoms with Gasteiger partial charge in [-0.3, -0.25) is 4.79 Å². The standard InChI is InChI=1S/C21H18N2O4/c1-27-19-12-11-15(14-7-3-2-4-8-14)17(20(19)25)13-22-23-21(26)16-9-5-6-10-18(16)24/h2-13,24-25H,1H3,(H,23,26)/b22-13+. The predicted octanol–water partition coefficient (Wildman–Crippen LogP) is 3.54. The van der Waals surface area contributed by atoms with Crippen molar-refractivity contribution in [3.8, 4) is 28.4 Å². The second kappa shape index (κ2) is 8.05. The van der Waals surface area contributed by atoms with Gasteiger partial charge in [-0.05, 0) is 35.4 Å². The van der Waals surface area contributed by atoms with Crippen molar-refractivity contribution in [3.05, 3.63) is 77.9 Å². The highest BCUT2D eigenvalue weighted by Gasteiger charge is 2.14. The van der Waals surface area contributed by atoms with E-state index in [9.17, 15) is 15.0 Å². The Kier molecular flexibility index (Phi) is 5.37. The predicted molar refractivity (Wildman–Crippen MR) is 103 cm³/mol. The van der Waals surface area contributed by atoms with Gasteiger partial charge in [0.1, 0.15) is 5.75 Å². The molecule has 3 N–H and O–H groups in total. The van der Waals surface area contributed by atoms with Gasteiger partial charge in [0.2, 0.25) is 0 Å². The molecule has 6 heteroatoms. The molecule has 0 bridgehead atoms. The summed E-state index contributed by atoms with van der Waals surface area (Å²) in [5.41, 5.74) is 4.47. The Balaban J connectivity index is 1.92. The highest BCUT2D eigenvalue weighted by Crippen LogP contribution is 2.36. The molecule has 0 aromatic heterocycles. The normalized spacial score (nSPS) is 10.7. The zero-order valence-electron chi connectivity index (χ0n) is 14.6. The fourth-order valence-electron chi connectivity index (χ4n) is 2.63. The Morgan fingerprint density at radius 1 is 1.00 bits per heavy atom. The quantitative estimate of drug-likeness (QED) is 0.478. The van der Waals surface area contributed by atoms with Gasteiger partial charge in [0.15, 0.2) is 11.5 Å². The van der Waals surface area contributed by atoms with Crippen LogP contribution in [-0.4, -0.2) is 29.4 Å². The van der Waals surface area contributed by atoms with Gasteiger partial charge in [-0.1, -0.05) is 42.5 Å². The summed E-state index contributed by atoms with van der Waals surface area (Å²) in [7, 11) is 1.46. The number of nitrogens with one attached hydrogen (secondary N) is 1. The van der Waals surface area contributed by atoms with Crippen LogP contribution in [0.5, 0.6) is 17.2 Å². The van der Waals surface area contributed by atoms with Crippen molar-refractivity contribution in [2.45, 2.75) is 0 Å². The van der Waals surface area contributed by atoms with Crippen LogP contribution in [-0.2, 0) is 0 Å². The summed E-state index contributed by atoms with van der Waals surface area (Å²) in [4.78, 5) is 12.1. The van der Waals surface area contributed by atoms with E-state index < -0.39 is 5.91 Å². The summed E-state index contributed by atoms with van der Waals surface area (Å²) in [5, 5.41) is 24.2. The van der Waals surface area contributed by atoms with Crippen molar-refractivity contribution < 1.29 is 19.7 Å². The second-order valence-electron chi connectivity index (χ2n) is 5.66. The molecular formula is C21H18N2O4. The van der Waals surface area contributed by atoms with Crippen LogP contribution in [0.25, 0.3) is 11.1 Å². The lowest BCUT2D eigenvalue weighted by Gasteiger charge is -2.11. The Bertz CT molecular complexity index is 985. The molecule has 0 unspecified atom stereocenters. The Morgan fingerprint density at radius 3 is 2.41 bits per heavy atom. The molecule has 0 aliphatic carbocycles. The van der Waals surface area contributed by atoms with Gasteiger partial charge in [0.05, 0.1) is 18.9 Å². The van der Waals surface area contributed by atoms with E-state index >= 15 is 0 Å². The number of hydrazone groups is 1. The highest BCUT2D eigenvalue weighted by atomic mass is 16.5. The van der Waals surface area contributed by atoms with E-state index in [2.05, 4.69) is 10.5 Å². The van der Waals surface area contributed by atoms with E-state index in [1.54, 1.807) is 24.3 Å². The number of aromatic hydroxyl groups is 2. The second-order valence-corrected chi connectivity index (χ2v) is 5.66. The molecule has 0 saturated heterocycles. The number of phenolic OH excluding ortho intramolecular Hbond substituents is 2. The molecule has 0 spiro atoms. The number of ether oxygens (including phenoxy) is 1. The monoisotopic (exact) mass is 362 g/mol. The lowest BCUT2D eigenvalue weighted by molar-refractivity contribution is 0.0952. The van der Waals surface area contributed by atoms with E-state index in [4.69, 9.17) is 4.74 Å². The molecule has 0 fully saturated rings. The molecule has 0 aliphatic rings. The van der Waals surface area contributed by atoms with Crippen LogP contribution in [0, 0.1) is 0 Å². The van der Waals surface area contributed by atoms with E-state index in [0.29, 0.717) is 11.3 Å². The van der Waals surface area contributed by atoms with E-state index in [0.717, 1.165) is 11.1 Å². The van der Waals surface area contributed by atoms with Gasteiger partial charge < -0.3 is 14.9 Å². The molecule has 3 aromatic rings. The summed E-state index contributed by atoms with van der Waals surface area (Å²) < 4.78 is 5.16. The lowest BCUT2D eigenvalue weighted by Crippen LogP contribution is -2.17. The van der Waals surface area contributed by atoms with Crippen molar-refractivity contribution in [3.63, 3.8) is 0 Å². The highest BCUT2D eigenvalue weighted by molar-refractivity contribution is 5.99. The van der Waals surface area contributed by atoms with Crippen molar-refractivity contribution >= 4 is 12.1 Å². The molecule has 3 rings (SSSR count). The zero-order chi connectivity index (χ0) is 19.2. The minimum absolute atomic E-state index is 0.0839. The number of hydrogen-bond acceptors (Lipinski definition) is 5. The fraction of sp³-hybridized carbons (Fsp3) is 0.0476. The van der Waals surface area contributed by atoms with Gasteiger partial charge >= 0.3 is 0 Å². The van der Waals surface area contributed by atoms with Gasteiger partial charge in [-0.15, -0.1) is 0 Å². The van der Waals surface area contributed by atoms with Crippen LogP contribution < -0.4 is 10.2 Å². The fourth-order valence-corrected chi connectivity index (χ4v) is 2.63. The van der Waals surface area contributed by atoms with Crippen LogP contribution in [0.4, 0.5) is 0 Å². The summed E-state index contributed by atoms with van der Waals surface area (Å²) in [6.45, 7) is 0. The third kappa shape index (κ3) is 3.90. The SMILES string of the molecule is COc1ccc(-c2ccccc2)c(/C=N/NC(=O)c2ccccc2O)c1O. The van der Waals surface area contributed by atoms with E-state index in [1.165, 1.54) is 25.5 Å². The number of nitrogens with zero attached hydrogens (tertiary/aromatic N) is 1. The molecule has 136 valence electrons. The molecular weight excluding hydrogens is 344 g/mol. The molecule has 0 radical (unpaired) electrons. The smallest absolute Gasteiger partial charge is 0.275 e. The maximum absolute atomic E-state index is 12.1.